The van der Waals surface area contributed by atoms with Crippen LogP contribution in [-0.2, 0) is 12.7 Å². The van der Waals surface area contributed by atoms with Crippen LogP contribution in [0.15, 0.2) is 42.5 Å². The molecule has 0 saturated carbocycles. The van der Waals surface area contributed by atoms with E-state index in [9.17, 15) is 36.3 Å². The molecule has 12 heteroatoms. The molecule has 2 heterocycles. The summed E-state index contributed by atoms with van der Waals surface area (Å²) in [4.78, 5) is 40.1. The Morgan fingerprint density at radius 1 is 1.08 bits per heavy atom. The molecule has 3 aromatic rings. The third-order valence-electron chi connectivity index (χ3n) is 6.24. The summed E-state index contributed by atoms with van der Waals surface area (Å²) >= 11 is 6.27. The molecule has 0 aliphatic carbocycles. The lowest BCUT2D eigenvalue weighted by Crippen LogP contribution is -2.21. The van der Waals surface area contributed by atoms with Crippen molar-refractivity contribution < 1.29 is 36.3 Å². The fourth-order valence-electron chi connectivity index (χ4n) is 4.60. The lowest BCUT2D eigenvalue weighted by atomic mass is 9.91. The van der Waals surface area contributed by atoms with Crippen molar-refractivity contribution in [1.82, 2.24) is 10.2 Å². The first-order chi connectivity index (χ1) is 17.3. The Morgan fingerprint density at radius 3 is 2.51 bits per heavy atom. The Labute approximate surface area is 211 Å². The first-order valence-electron chi connectivity index (χ1n) is 10.8. The highest BCUT2D eigenvalue weighted by atomic mass is 35.5. The van der Waals surface area contributed by atoms with Gasteiger partial charge in [0.05, 0.1) is 17.2 Å². The quantitative estimate of drug-likeness (QED) is 0.446. The summed E-state index contributed by atoms with van der Waals surface area (Å²) in [6.45, 7) is 0.0839. The molecule has 5 rings (SSSR count). The molecule has 1 atom stereocenters. The van der Waals surface area contributed by atoms with Crippen molar-refractivity contribution in [3.05, 3.63) is 98.1 Å². The van der Waals surface area contributed by atoms with Crippen molar-refractivity contribution in [2.45, 2.75) is 18.8 Å². The van der Waals surface area contributed by atoms with E-state index < -0.39 is 52.7 Å². The molecule has 2 aliphatic rings. The van der Waals surface area contributed by atoms with Gasteiger partial charge in [-0.3, -0.25) is 14.4 Å². The zero-order valence-corrected chi connectivity index (χ0v) is 19.5. The van der Waals surface area contributed by atoms with Crippen LogP contribution in [0.5, 0.6) is 0 Å². The highest BCUT2D eigenvalue weighted by Gasteiger charge is 2.41. The van der Waals surface area contributed by atoms with Crippen LogP contribution in [0.4, 0.5) is 27.6 Å². The van der Waals surface area contributed by atoms with Crippen LogP contribution in [0.3, 0.4) is 0 Å². The minimum absolute atomic E-state index is 0.0612. The second kappa shape index (κ2) is 8.55. The number of anilines is 1. The number of amides is 3. The molecule has 0 bridgehead atoms. The van der Waals surface area contributed by atoms with Gasteiger partial charge in [-0.2, -0.15) is 13.2 Å². The fraction of sp³-hybridized carbons (Fsp3) is 0.160. The molecule has 2 aliphatic heterocycles. The number of carbonyl (C=O) groups excluding carboxylic acids is 3. The molecule has 0 fully saturated rings. The summed E-state index contributed by atoms with van der Waals surface area (Å²) in [6.07, 6.45) is -4.90. The van der Waals surface area contributed by atoms with E-state index in [1.165, 1.54) is 24.1 Å². The third kappa shape index (κ3) is 4.18. The molecule has 6 nitrogen and oxygen atoms in total. The number of benzene rings is 3. The predicted octanol–water partition coefficient (Wildman–Crippen LogP) is 5.31. The molecule has 0 saturated heterocycles. The Morgan fingerprint density at radius 2 is 1.81 bits per heavy atom. The van der Waals surface area contributed by atoms with E-state index in [4.69, 9.17) is 11.6 Å². The SMILES string of the molecule is CN1Cc2c(cc(NC(=O)c3cc(F)cc(C(F)(F)F)c3)c3c2C(=O)NC3c2cc(F)ccc2Cl)C1=O. The Bertz CT molecular complexity index is 1520. The standard InChI is InChI=1S/C25H15ClF5N3O3/c1-34-9-16-14(24(34)37)8-18(32-22(35)10-4-11(25(29,30)31)6-13(28)5-10)20-19(16)23(36)33-21(20)15-7-12(27)2-3-17(15)26/h2-8,21H,9H2,1H3,(H,32,35)(H,33,36). The molecule has 3 amide bonds. The van der Waals surface area contributed by atoms with Gasteiger partial charge in [-0.15, -0.1) is 0 Å². The summed E-state index contributed by atoms with van der Waals surface area (Å²) in [5.74, 6) is -4.10. The monoisotopic (exact) mass is 535 g/mol. The van der Waals surface area contributed by atoms with Gasteiger partial charge in [0, 0.05) is 46.6 Å². The van der Waals surface area contributed by atoms with Crippen LogP contribution < -0.4 is 10.6 Å². The summed E-state index contributed by atoms with van der Waals surface area (Å²) in [7, 11) is 1.51. The van der Waals surface area contributed by atoms with E-state index in [1.807, 2.05) is 0 Å². The maximum Gasteiger partial charge on any atom is 0.416 e. The lowest BCUT2D eigenvalue weighted by Gasteiger charge is -2.19. The fourth-order valence-corrected chi connectivity index (χ4v) is 4.82. The number of hydrogen-bond donors (Lipinski definition) is 2. The minimum atomic E-state index is -4.90. The van der Waals surface area contributed by atoms with E-state index in [1.54, 1.807) is 0 Å². The van der Waals surface area contributed by atoms with Crippen LogP contribution in [0.1, 0.15) is 59.4 Å². The molecule has 3 aromatic carbocycles. The van der Waals surface area contributed by atoms with Crippen molar-refractivity contribution in [1.29, 1.82) is 0 Å². The molecule has 0 aromatic heterocycles. The molecule has 37 heavy (non-hydrogen) atoms. The van der Waals surface area contributed by atoms with Gasteiger partial charge in [-0.25, -0.2) is 8.78 Å². The average molecular weight is 536 g/mol. The van der Waals surface area contributed by atoms with Crippen LogP contribution in [0, 0.1) is 11.6 Å². The first kappa shape index (κ1) is 24.7. The lowest BCUT2D eigenvalue weighted by molar-refractivity contribution is -0.137. The second-order valence-electron chi connectivity index (χ2n) is 8.65. The Balaban J connectivity index is 1.67. The van der Waals surface area contributed by atoms with Gasteiger partial charge >= 0.3 is 6.18 Å². The van der Waals surface area contributed by atoms with E-state index in [0.29, 0.717) is 17.7 Å². The minimum Gasteiger partial charge on any atom is -0.341 e. The van der Waals surface area contributed by atoms with Crippen molar-refractivity contribution in [2.75, 3.05) is 12.4 Å². The van der Waals surface area contributed by atoms with Crippen LogP contribution >= 0.6 is 11.6 Å². The number of fused-ring (bicyclic) bond motifs is 3. The number of nitrogens with one attached hydrogen (secondary N) is 2. The number of carbonyl (C=O) groups is 3. The van der Waals surface area contributed by atoms with E-state index in [-0.39, 0.29) is 45.6 Å². The molecule has 190 valence electrons. The summed E-state index contributed by atoms with van der Waals surface area (Å²) in [5.41, 5.74) is -1.24. The number of nitrogens with zero attached hydrogens (tertiary/aromatic N) is 1. The Hall–Kier alpha value is -3.99. The summed E-state index contributed by atoms with van der Waals surface area (Å²) < 4.78 is 67.5. The van der Waals surface area contributed by atoms with E-state index in [2.05, 4.69) is 10.6 Å². The topological polar surface area (TPSA) is 78.5 Å². The summed E-state index contributed by atoms with van der Waals surface area (Å²) in [6, 6.07) is 5.10. The largest absolute Gasteiger partial charge is 0.416 e. The van der Waals surface area contributed by atoms with Crippen LogP contribution in [0.2, 0.25) is 5.02 Å². The second-order valence-corrected chi connectivity index (χ2v) is 9.06. The predicted molar refractivity (Wildman–Crippen MR) is 122 cm³/mol. The van der Waals surface area contributed by atoms with Gasteiger partial charge in [0.1, 0.15) is 11.6 Å². The maximum absolute atomic E-state index is 14.1. The van der Waals surface area contributed by atoms with E-state index >= 15 is 0 Å². The number of alkyl halides is 3. The van der Waals surface area contributed by atoms with Gasteiger partial charge in [0.25, 0.3) is 17.7 Å². The first-order valence-corrected chi connectivity index (χ1v) is 11.1. The molecule has 0 radical (unpaired) electrons. The molecule has 0 spiro atoms. The molecule has 2 N–H and O–H groups in total. The molecular weight excluding hydrogens is 521 g/mol. The van der Waals surface area contributed by atoms with E-state index in [0.717, 1.165) is 12.1 Å². The zero-order chi connectivity index (χ0) is 26.8. The van der Waals surface area contributed by atoms with Gasteiger partial charge in [-0.05, 0) is 48.0 Å². The highest BCUT2D eigenvalue weighted by Crippen LogP contribution is 2.44. The van der Waals surface area contributed by atoms with Crippen molar-refractivity contribution in [2.24, 2.45) is 0 Å². The average Bonchev–Trinajstić information content (AvgIpc) is 3.31. The zero-order valence-electron chi connectivity index (χ0n) is 18.8. The van der Waals surface area contributed by atoms with Crippen molar-refractivity contribution in [3.8, 4) is 0 Å². The number of halogens is 6. The van der Waals surface area contributed by atoms with Crippen LogP contribution in [0.25, 0.3) is 0 Å². The molecule has 1 unspecified atom stereocenters. The van der Waals surface area contributed by atoms with Gasteiger partial charge < -0.3 is 15.5 Å². The normalized spacial score (nSPS) is 16.5. The number of rotatable bonds is 3. The highest BCUT2D eigenvalue weighted by molar-refractivity contribution is 6.31. The van der Waals surface area contributed by atoms with Gasteiger partial charge in [-0.1, -0.05) is 11.6 Å². The number of hydrogen-bond acceptors (Lipinski definition) is 3. The maximum atomic E-state index is 14.1. The third-order valence-corrected chi connectivity index (χ3v) is 6.59. The van der Waals surface area contributed by atoms with Gasteiger partial charge in [0.15, 0.2) is 0 Å². The molecular formula is C25H15ClF5N3O3. The summed E-state index contributed by atoms with van der Waals surface area (Å²) in [5, 5.41) is 5.19. The van der Waals surface area contributed by atoms with Crippen molar-refractivity contribution in [3.63, 3.8) is 0 Å². The van der Waals surface area contributed by atoms with Crippen LogP contribution in [-0.4, -0.2) is 29.7 Å². The Kier molecular flexibility index (Phi) is 5.70. The van der Waals surface area contributed by atoms with Crippen molar-refractivity contribution >= 4 is 35.0 Å². The smallest absolute Gasteiger partial charge is 0.341 e. The van der Waals surface area contributed by atoms with Gasteiger partial charge in [0.2, 0.25) is 0 Å².